The van der Waals surface area contributed by atoms with Gasteiger partial charge in [0.25, 0.3) is 0 Å². The molecule has 2 aromatic heterocycles. The Morgan fingerprint density at radius 2 is 2.16 bits per heavy atom. The van der Waals surface area contributed by atoms with Gasteiger partial charge in [-0.05, 0) is 33.8 Å². The highest BCUT2D eigenvalue weighted by molar-refractivity contribution is 5.86. The molecule has 1 aliphatic rings. The van der Waals surface area contributed by atoms with E-state index in [-0.39, 0.29) is 17.3 Å². The summed E-state index contributed by atoms with van der Waals surface area (Å²) in [6, 6.07) is 1.95. The van der Waals surface area contributed by atoms with Crippen LogP contribution in [0.5, 0.6) is 0 Å². The zero-order chi connectivity index (χ0) is 18.4. The van der Waals surface area contributed by atoms with Gasteiger partial charge in [0.15, 0.2) is 5.65 Å². The van der Waals surface area contributed by atoms with Crippen LogP contribution in [0.4, 0.5) is 10.5 Å². The highest BCUT2D eigenvalue weighted by atomic mass is 16.6. The van der Waals surface area contributed by atoms with Crippen LogP contribution in [0.15, 0.2) is 10.9 Å². The summed E-state index contributed by atoms with van der Waals surface area (Å²) in [5.41, 5.74) is 2.60. The third-order valence-corrected chi connectivity index (χ3v) is 4.20. The number of nitrogens with one attached hydrogen (secondary N) is 2. The molecule has 8 heteroatoms. The van der Waals surface area contributed by atoms with Crippen LogP contribution in [0, 0.1) is 6.92 Å². The maximum atomic E-state index is 12.0. The number of aromatic amines is 1. The lowest BCUT2D eigenvalue weighted by Gasteiger charge is -2.23. The Morgan fingerprint density at radius 1 is 1.44 bits per heavy atom. The van der Waals surface area contributed by atoms with Gasteiger partial charge in [-0.3, -0.25) is 4.57 Å². The minimum Gasteiger partial charge on any atom is -0.444 e. The number of imidazole rings is 1. The molecule has 136 valence electrons. The third-order valence-electron chi connectivity index (χ3n) is 4.20. The van der Waals surface area contributed by atoms with Crippen LogP contribution >= 0.6 is 0 Å². The van der Waals surface area contributed by atoms with Gasteiger partial charge in [-0.2, -0.15) is 0 Å². The number of carbonyl (C=O) groups is 1. The molecule has 1 amide bonds. The van der Waals surface area contributed by atoms with Crippen molar-refractivity contribution in [2.75, 3.05) is 18.0 Å². The number of fused-ring (bicyclic) bond motifs is 1. The molecule has 3 heterocycles. The second kappa shape index (κ2) is 6.09. The van der Waals surface area contributed by atoms with Crippen LogP contribution in [-0.4, -0.2) is 45.4 Å². The maximum Gasteiger partial charge on any atom is 0.407 e. The number of aromatic nitrogens is 3. The molecule has 1 saturated heterocycles. The van der Waals surface area contributed by atoms with Crippen LogP contribution < -0.4 is 15.9 Å². The molecule has 1 fully saturated rings. The van der Waals surface area contributed by atoms with E-state index in [1.807, 2.05) is 33.8 Å². The molecule has 0 radical (unpaired) electrons. The summed E-state index contributed by atoms with van der Waals surface area (Å²) in [6.45, 7) is 8.99. The Kier molecular flexibility index (Phi) is 4.22. The second-order valence-electron chi connectivity index (χ2n) is 7.61. The number of H-pyrrole nitrogens is 1. The Labute approximate surface area is 146 Å². The molecule has 8 nitrogen and oxygen atoms in total. The summed E-state index contributed by atoms with van der Waals surface area (Å²) in [7, 11) is 1.70. The maximum absolute atomic E-state index is 12.0. The average molecular weight is 347 g/mol. The van der Waals surface area contributed by atoms with E-state index in [0.717, 1.165) is 29.9 Å². The molecular weight excluding hydrogens is 322 g/mol. The molecule has 0 aromatic carbocycles. The van der Waals surface area contributed by atoms with Crippen molar-refractivity contribution in [3.8, 4) is 0 Å². The van der Waals surface area contributed by atoms with Gasteiger partial charge < -0.3 is 19.9 Å². The summed E-state index contributed by atoms with van der Waals surface area (Å²) in [4.78, 5) is 33.3. The van der Waals surface area contributed by atoms with Crippen molar-refractivity contribution in [3.05, 3.63) is 22.2 Å². The van der Waals surface area contributed by atoms with Crippen LogP contribution in [0.3, 0.4) is 0 Å². The zero-order valence-corrected chi connectivity index (χ0v) is 15.3. The molecular formula is C17H25N5O3. The van der Waals surface area contributed by atoms with Crippen LogP contribution in [0.25, 0.3) is 11.2 Å². The second-order valence-corrected chi connectivity index (χ2v) is 7.61. The first-order valence-electron chi connectivity index (χ1n) is 8.44. The average Bonchev–Trinajstić information content (AvgIpc) is 3.03. The first kappa shape index (κ1) is 17.3. The summed E-state index contributed by atoms with van der Waals surface area (Å²) < 4.78 is 7.03. The van der Waals surface area contributed by atoms with E-state index in [1.54, 1.807) is 7.05 Å². The minimum absolute atomic E-state index is 0.179. The third kappa shape index (κ3) is 3.62. The van der Waals surface area contributed by atoms with Crippen LogP contribution in [0.2, 0.25) is 0 Å². The molecule has 0 saturated carbocycles. The number of rotatable bonds is 2. The van der Waals surface area contributed by atoms with Crippen molar-refractivity contribution in [2.24, 2.45) is 7.05 Å². The lowest BCUT2D eigenvalue weighted by atomic mass is 10.1. The predicted octanol–water partition coefficient (Wildman–Crippen LogP) is 1.67. The lowest BCUT2D eigenvalue weighted by Crippen LogP contribution is -2.42. The Hall–Kier alpha value is -2.51. The zero-order valence-electron chi connectivity index (χ0n) is 15.3. The summed E-state index contributed by atoms with van der Waals surface area (Å²) >= 11 is 0. The van der Waals surface area contributed by atoms with Crippen molar-refractivity contribution in [1.82, 2.24) is 19.9 Å². The van der Waals surface area contributed by atoms with Crippen LogP contribution in [0.1, 0.15) is 32.9 Å². The number of ether oxygens (including phenoxy) is 1. The van der Waals surface area contributed by atoms with Crippen molar-refractivity contribution in [1.29, 1.82) is 0 Å². The van der Waals surface area contributed by atoms with Gasteiger partial charge in [-0.25, -0.2) is 14.6 Å². The van der Waals surface area contributed by atoms with Crippen molar-refractivity contribution in [2.45, 2.75) is 45.8 Å². The van der Waals surface area contributed by atoms with E-state index in [2.05, 4.69) is 20.2 Å². The first-order chi connectivity index (χ1) is 11.6. The van der Waals surface area contributed by atoms with Gasteiger partial charge >= 0.3 is 11.8 Å². The van der Waals surface area contributed by atoms with E-state index >= 15 is 0 Å². The summed E-state index contributed by atoms with van der Waals surface area (Å²) in [5, 5.41) is 2.81. The Morgan fingerprint density at radius 3 is 2.84 bits per heavy atom. The highest BCUT2D eigenvalue weighted by Gasteiger charge is 2.29. The minimum atomic E-state index is -0.400. The molecule has 1 unspecified atom stereocenters. The monoisotopic (exact) mass is 347 g/mol. The Balaban J connectivity index is 1.79. The van der Waals surface area contributed by atoms with Crippen molar-refractivity contribution >= 4 is 22.9 Å². The number of aryl methyl sites for hydroxylation is 2. The molecule has 25 heavy (non-hydrogen) atoms. The summed E-state index contributed by atoms with van der Waals surface area (Å²) in [5.74, 6) is 0. The van der Waals surface area contributed by atoms with Gasteiger partial charge in [-0.15, -0.1) is 0 Å². The molecule has 3 rings (SSSR count). The standard InChI is InChI=1S/C17H25N5O3/c1-10-8-12(13-14(18-10)21(5)15(23)19-13)22-7-6-11(9-22)25-16(24)20-17(2,3)4/h8,11H,6-7,9H2,1-5H3,(H,19,23)(H,20,24). The largest absolute Gasteiger partial charge is 0.444 e. The van der Waals surface area contributed by atoms with Gasteiger partial charge in [0.05, 0.1) is 12.2 Å². The number of pyridine rings is 1. The van der Waals surface area contributed by atoms with Gasteiger partial charge in [0, 0.05) is 31.2 Å². The number of anilines is 1. The fourth-order valence-electron chi connectivity index (χ4n) is 3.07. The smallest absolute Gasteiger partial charge is 0.407 e. The molecule has 0 aliphatic carbocycles. The number of amides is 1. The fraction of sp³-hybridized carbons (Fsp3) is 0.588. The van der Waals surface area contributed by atoms with E-state index in [0.29, 0.717) is 12.2 Å². The normalized spacial score (nSPS) is 18.0. The van der Waals surface area contributed by atoms with Gasteiger partial charge in [-0.1, -0.05) is 0 Å². The number of nitrogens with zero attached hydrogens (tertiary/aromatic N) is 3. The van der Waals surface area contributed by atoms with E-state index in [9.17, 15) is 9.59 Å². The quantitative estimate of drug-likeness (QED) is 0.862. The predicted molar refractivity (Wildman–Crippen MR) is 96.1 cm³/mol. The number of hydrogen-bond donors (Lipinski definition) is 2. The van der Waals surface area contributed by atoms with Gasteiger partial charge in [0.2, 0.25) is 0 Å². The van der Waals surface area contributed by atoms with Gasteiger partial charge in [0.1, 0.15) is 11.6 Å². The molecule has 2 aromatic rings. The lowest BCUT2D eigenvalue weighted by molar-refractivity contribution is 0.101. The molecule has 2 N–H and O–H groups in total. The molecule has 0 bridgehead atoms. The Bertz CT molecular complexity index is 862. The number of hydrogen-bond acceptors (Lipinski definition) is 5. The first-order valence-corrected chi connectivity index (χ1v) is 8.44. The summed E-state index contributed by atoms with van der Waals surface area (Å²) in [6.07, 6.45) is 0.169. The molecule has 1 aliphatic heterocycles. The topological polar surface area (TPSA) is 92.3 Å². The number of alkyl carbamates (subject to hydrolysis) is 1. The van der Waals surface area contributed by atoms with E-state index in [1.165, 1.54) is 4.57 Å². The van der Waals surface area contributed by atoms with Crippen molar-refractivity contribution in [3.63, 3.8) is 0 Å². The van der Waals surface area contributed by atoms with E-state index in [4.69, 9.17) is 4.74 Å². The van der Waals surface area contributed by atoms with Crippen molar-refractivity contribution < 1.29 is 9.53 Å². The van der Waals surface area contributed by atoms with Crippen LogP contribution in [-0.2, 0) is 11.8 Å². The number of carbonyl (C=O) groups excluding carboxylic acids is 1. The fourth-order valence-corrected chi connectivity index (χ4v) is 3.07. The van der Waals surface area contributed by atoms with E-state index < -0.39 is 6.09 Å². The molecule has 1 atom stereocenters. The SMILES string of the molecule is Cc1cc(N2CCC(OC(=O)NC(C)(C)C)C2)c2[nH]c(=O)n(C)c2n1. The molecule has 0 spiro atoms. The highest BCUT2D eigenvalue weighted by Crippen LogP contribution is 2.28.